The van der Waals surface area contributed by atoms with Crippen LogP contribution in [0, 0.1) is 12.8 Å². The van der Waals surface area contributed by atoms with Crippen molar-refractivity contribution in [3.05, 3.63) is 29.6 Å². The number of likely N-dealkylation sites (tertiary alicyclic amines) is 1. The van der Waals surface area contributed by atoms with Gasteiger partial charge in [-0.2, -0.15) is 4.98 Å². The van der Waals surface area contributed by atoms with Crippen LogP contribution in [0.25, 0.3) is 0 Å². The van der Waals surface area contributed by atoms with E-state index in [1.807, 2.05) is 0 Å². The zero-order chi connectivity index (χ0) is 16.4. The number of aryl methyl sites for hydroxylation is 1. The standard InChI is InChI=1S/C16H22N4O3/c1-10(2)7-13-18-15(23-19-13)12-5-4-6-20(8-12)16(21)14-11(3)22-9-17-14/h9-10,12H,4-8H2,1-3H3. The number of carbonyl (C=O) groups excluding carboxylic acids is 1. The van der Waals surface area contributed by atoms with Gasteiger partial charge in [0, 0.05) is 19.5 Å². The number of oxazole rings is 1. The molecule has 0 bridgehead atoms. The molecule has 1 aliphatic rings. The van der Waals surface area contributed by atoms with Gasteiger partial charge in [0.25, 0.3) is 5.91 Å². The van der Waals surface area contributed by atoms with Gasteiger partial charge in [-0.05, 0) is 25.7 Å². The maximum absolute atomic E-state index is 12.5. The van der Waals surface area contributed by atoms with Gasteiger partial charge < -0.3 is 13.8 Å². The third-order valence-electron chi connectivity index (χ3n) is 4.08. The summed E-state index contributed by atoms with van der Waals surface area (Å²) < 4.78 is 10.5. The lowest BCUT2D eigenvalue weighted by Crippen LogP contribution is -2.39. The summed E-state index contributed by atoms with van der Waals surface area (Å²) >= 11 is 0. The highest BCUT2D eigenvalue weighted by molar-refractivity contribution is 5.93. The van der Waals surface area contributed by atoms with Crippen molar-refractivity contribution in [1.82, 2.24) is 20.0 Å². The lowest BCUT2D eigenvalue weighted by atomic mass is 9.97. The van der Waals surface area contributed by atoms with Gasteiger partial charge in [-0.25, -0.2) is 4.98 Å². The molecule has 1 saturated heterocycles. The maximum atomic E-state index is 12.5. The van der Waals surface area contributed by atoms with E-state index in [4.69, 9.17) is 8.94 Å². The van der Waals surface area contributed by atoms with Gasteiger partial charge in [-0.1, -0.05) is 19.0 Å². The Morgan fingerprint density at radius 1 is 1.48 bits per heavy atom. The van der Waals surface area contributed by atoms with Crippen molar-refractivity contribution < 1.29 is 13.7 Å². The molecule has 1 fully saturated rings. The number of nitrogens with zero attached hydrogens (tertiary/aromatic N) is 4. The molecule has 124 valence electrons. The highest BCUT2D eigenvalue weighted by Gasteiger charge is 2.30. The molecule has 0 saturated carbocycles. The molecule has 1 atom stereocenters. The second-order valence-electron chi connectivity index (χ2n) is 6.49. The second kappa shape index (κ2) is 6.52. The molecule has 0 spiro atoms. The van der Waals surface area contributed by atoms with Crippen molar-refractivity contribution in [2.45, 2.75) is 46.0 Å². The topological polar surface area (TPSA) is 85.3 Å². The third-order valence-corrected chi connectivity index (χ3v) is 4.08. The van der Waals surface area contributed by atoms with Crippen LogP contribution in [0.15, 0.2) is 15.3 Å². The molecule has 0 N–H and O–H groups in total. The monoisotopic (exact) mass is 318 g/mol. The summed E-state index contributed by atoms with van der Waals surface area (Å²) in [6.07, 6.45) is 3.97. The quantitative estimate of drug-likeness (QED) is 0.861. The van der Waals surface area contributed by atoms with Crippen LogP contribution in [-0.2, 0) is 6.42 Å². The van der Waals surface area contributed by atoms with E-state index in [0.29, 0.717) is 36.4 Å². The van der Waals surface area contributed by atoms with Gasteiger partial charge >= 0.3 is 0 Å². The molecule has 0 aliphatic carbocycles. The lowest BCUT2D eigenvalue weighted by molar-refractivity contribution is 0.0688. The fourth-order valence-electron chi connectivity index (χ4n) is 2.90. The molecule has 0 radical (unpaired) electrons. The third kappa shape index (κ3) is 3.43. The van der Waals surface area contributed by atoms with E-state index in [9.17, 15) is 4.79 Å². The molecular formula is C16H22N4O3. The highest BCUT2D eigenvalue weighted by Crippen LogP contribution is 2.27. The summed E-state index contributed by atoms with van der Waals surface area (Å²) in [5.41, 5.74) is 0.386. The summed E-state index contributed by atoms with van der Waals surface area (Å²) in [5, 5.41) is 4.05. The summed E-state index contributed by atoms with van der Waals surface area (Å²) in [6, 6.07) is 0. The summed E-state index contributed by atoms with van der Waals surface area (Å²) in [7, 11) is 0. The average molecular weight is 318 g/mol. The molecule has 2 aromatic rings. The number of amides is 1. The highest BCUT2D eigenvalue weighted by atomic mass is 16.5. The van der Waals surface area contributed by atoms with Gasteiger partial charge in [0.15, 0.2) is 17.9 Å². The molecule has 7 heteroatoms. The first-order chi connectivity index (χ1) is 11.0. The number of piperidine rings is 1. The Labute approximate surface area is 135 Å². The Morgan fingerprint density at radius 2 is 2.30 bits per heavy atom. The average Bonchev–Trinajstić information content (AvgIpc) is 3.15. The van der Waals surface area contributed by atoms with E-state index >= 15 is 0 Å². The first kappa shape index (κ1) is 15.7. The molecule has 7 nitrogen and oxygen atoms in total. The van der Waals surface area contributed by atoms with Crippen LogP contribution < -0.4 is 0 Å². The minimum Gasteiger partial charge on any atom is -0.448 e. The van der Waals surface area contributed by atoms with Gasteiger partial charge in [-0.3, -0.25) is 4.79 Å². The molecule has 1 unspecified atom stereocenters. The van der Waals surface area contributed by atoms with Crippen LogP contribution in [0.4, 0.5) is 0 Å². The van der Waals surface area contributed by atoms with E-state index < -0.39 is 0 Å². The first-order valence-corrected chi connectivity index (χ1v) is 8.06. The SMILES string of the molecule is Cc1ocnc1C(=O)N1CCCC(c2nc(CC(C)C)no2)C1. The summed E-state index contributed by atoms with van der Waals surface area (Å²) in [6.45, 7) is 7.29. The Morgan fingerprint density at radius 3 is 3.00 bits per heavy atom. The Balaban J connectivity index is 1.70. The Bertz CT molecular complexity index is 676. The Kier molecular flexibility index (Phi) is 4.45. The fraction of sp³-hybridized carbons (Fsp3) is 0.625. The summed E-state index contributed by atoms with van der Waals surface area (Å²) in [5.74, 6) is 2.41. The molecule has 0 aromatic carbocycles. The lowest BCUT2D eigenvalue weighted by Gasteiger charge is -2.30. The number of hydrogen-bond acceptors (Lipinski definition) is 6. The van der Waals surface area contributed by atoms with E-state index in [0.717, 1.165) is 25.1 Å². The minimum absolute atomic E-state index is 0.0910. The summed E-state index contributed by atoms with van der Waals surface area (Å²) in [4.78, 5) is 22.9. The predicted molar refractivity (Wildman–Crippen MR) is 82.0 cm³/mol. The van der Waals surface area contributed by atoms with E-state index in [1.54, 1.807) is 11.8 Å². The van der Waals surface area contributed by atoms with E-state index in [-0.39, 0.29) is 11.8 Å². The van der Waals surface area contributed by atoms with Gasteiger partial charge in [-0.15, -0.1) is 0 Å². The van der Waals surface area contributed by atoms with Crippen LogP contribution in [0.2, 0.25) is 0 Å². The minimum atomic E-state index is -0.0946. The van der Waals surface area contributed by atoms with Crippen molar-refractivity contribution in [1.29, 1.82) is 0 Å². The van der Waals surface area contributed by atoms with Crippen molar-refractivity contribution in [3.63, 3.8) is 0 Å². The molecule has 3 heterocycles. The normalized spacial score (nSPS) is 18.6. The number of rotatable bonds is 4. The molecule has 3 rings (SSSR count). The van der Waals surface area contributed by atoms with Crippen LogP contribution in [0.3, 0.4) is 0 Å². The molecule has 1 amide bonds. The maximum Gasteiger partial charge on any atom is 0.276 e. The zero-order valence-electron chi connectivity index (χ0n) is 13.8. The number of hydrogen-bond donors (Lipinski definition) is 0. The van der Waals surface area contributed by atoms with Gasteiger partial charge in [0.1, 0.15) is 5.76 Å². The second-order valence-corrected chi connectivity index (χ2v) is 6.49. The molecule has 1 aliphatic heterocycles. The van der Waals surface area contributed by atoms with Crippen molar-refractivity contribution >= 4 is 5.91 Å². The molecular weight excluding hydrogens is 296 g/mol. The van der Waals surface area contributed by atoms with E-state index in [1.165, 1.54) is 6.39 Å². The van der Waals surface area contributed by atoms with Crippen molar-refractivity contribution in [2.75, 3.05) is 13.1 Å². The van der Waals surface area contributed by atoms with Crippen LogP contribution in [0.5, 0.6) is 0 Å². The fourth-order valence-corrected chi connectivity index (χ4v) is 2.90. The smallest absolute Gasteiger partial charge is 0.276 e. The van der Waals surface area contributed by atoms with Crippen molar-refractivity contribution in [3.8, 4) is 0 Å². The van der Waals surface area contributed by atoms with Crippen LogP contribution in [-0.4, -0.2) is 39.0 Å². The largest absolute Gasteiger partial charge is 0.448 e. The predicted octanol–water partition coefficient (Wildman–Crippen LogP) is 2.58. The van der Waals surface area contributed by atoms with E-state index in [2.05, 4.69) is 29.0 Å². The Hall–Kier alpha value is -2.18. The zero-order valence-corrected chi connectivity index (χ0v) is 13.8. The first-order valence-electron chi connectivity index (χ1n) is 8.06. The number of carbonyl (C=O) groups is 1. The molecule has 2 aromatic heterocycles. The van der Waals surface area contributed by atoms with Crippen LogP contribution >= 0.6 is 0 Å². The van der Waals surface area contributed by atoms with Gasteiger partial charge in [0.2, 0.25) is 5.89 Å². The number of aromatic nitrogens is 3. The van der Waals surface area contributed by atoms with Crippen molar-refractivity contribution in [2.24, 2.45) is 5.92 Å². The van der Waals surface area contributed by atoms with Gasteiger partial charge in [0.05, 0.1) is 5.92 Å². The van der Waals surface area contributed by atoms with Crippen LogP contribution in [0.1, 0.15) is 60.6 Å². The molecule has 23 heavy (non-hydrogen) atoms.